The van der Waals surface area contributed by atoms with Gasteiger partial charge in [-0.25, -0.2) is 0 Å². The zero-order chi connectivity index (χ0) is 16.1. The van der Waals surface area contributed by atoms with Gasteiger partial charge in [0.2, 0.25) is 0 Å². The number of halogens is 2. The first-order chi connectivity index (χ1) is 10.6. The molecule has 2 aromatic rings. The normalized spacial score (nSPS) is 10.2. The van der Waals surface area contributed by atoms with Crippen molar-refractivity contribution in [1.29, 1.82) is 0 Å². The van der Waals surface area contributed by atoms with Gasteiger partial charge in [0.1, 0.15) is 5.75 Å². The number of hydrogen-bond donors (Lipinski definition) is 1. The maximum atomic E-state index is 6.11. The van der Waals surface area contributed by atoms with E-state index in [1.165, 1.54) is 0 Å². The standard InChI is InChI=1S/C16H17Cl2NO3/c1-20-14-5-4-12(8-13(14)18)19-9-10-6-11(17)7-15(21-2)16(10)22-3/h4-8,19H,9H2,1-3H3. The summed E-state index contributed by atoms with van der Waals surface area (Å²) in [6, 6.07) is 9.04. The summed E-state index contributed by atoms with van der Waals surface area (Å²) in [5.74, 6) is 1.88. The number of nitrogens with one attached hydrogen (secondary N) is 1. The first-order valence-corrected chi connectivity index (χ1v) is 7.32. The van der Waals surface area contributed by atoms with Crippen LogP contribution >= 0.6 is 23.2 Å². The third kappa shape index (κ3) is 3.70. The van der Waals surface area contributed by atoms with Gasteiger partial charge in [-0.3, -0.25) is 0 Å². The smallest absolute Gasteiger partial charge is 0.165 e. The summed E-state index contributed by atoms with van der Waals surface area (Å²) in [5, 5.41) is 4.40. The molecule has 0 heterocycles. The summed E-state index contributed by atoms with van der Waals surface area (Å²) in [5.41, 5.74) is 1.76. The molecule has 0 amide bonds. The van der Waals surface area contributed by atoms with E-state index in [-0.39, 0.29) is 0 Å². The Morgan fingerprint density at radius 3 is 2.23 bits per heavy atom. The van der Waals surface area contributed by atoms with E-state index in [0.717, 1.165) is 11.3 Å². The summed E-state index contributed by atoms with van der Waals surface area (Å²) >= 11 is 12.2. The molecule has 0 atom stereocenters. The lowest BCUT2D eigenvalue weighted by Crippen LogP contribution is -2.03. The van der Waals surface area contributed by atoms with Crippen LogP contribution in [0.1, 0.15) is 5.56 Å². The van der Waals surface area contributed by atoms with Gasteiger partial charge in [0.05, 0.1) is 26.4 Å². The second kappa shape index (κ2) is 7.47. The van der Waals surface area contributed by atoms with E-state index in [1.807, 2.05) is 12.1 Å². The fourth-order valence-electron chi connectivity index (χ4n) is 2.11. The average molecular weight is 342 g/mol. The molecule has 0 aliphatic rings. The molecule has 22 heavy (non-hydrogen) atoms. The predicted molar refractivity (Wildman–Crippen MR) is 89.9 cm³/mol. The molecule has 0 unspecified atom stereocenters. The van der Waals surface area contributed by atoms with Crippen molar-refractivity contribution in [2.24, 2.45) is 0 Å². The van der Waals surface area contributed by atoms with Crippen LogP contribution in [0.15, 0.2) is 30.3 Å². The van der Waals surface area contributed by atoms with E-state index >= 15 is 0 Å². The highest BCUT2D eigenvalue weighted by molar-refractivity contribution is 6.32. The molecule has 0 bridgehead atoms. The number of hydrogen-bond acceptors (Lipinski definition) is 4. The Kier molecular flexibility index (Phi) is 5.63. The molecular formula is C16H17Cl2NO3. The highest BCUT2D eigenvalue weighted by Gasteiger charge is 2.12. The number of anilines is 1. The Labute approximate surface area is 139 Å². The zero-order valence-electron chi connectivity index (χ0n) is 12.6. The molecule has 118 valence electrons. The molecular weight excluding hydrogens is 325 g/mol. The summed E-state index contributed by atoms with van der Waals surface area (Å²) in [6.07, 6.45) is 0. The highest BCUT2D eigenvalue weighted by atomic mass is 35.5. The minimum absolute atomic E-state index is 0.517. The largest absolute Gasteiger partial charge is 0.495 e. The quantitative estimate of drug-likeness (QED) is 0.831. The second-order valence-corrected chi connectivity index (χ2v) is 5.35. The van der Waals surface area contributed by atoms with Crippen LogP contribution in [0.3, 0.4) is 0 Å². The molecule has 2 rings (SSSR count). The van der Waals surface area contributed by atoms with Crippen LogP contribution < -0.4 is 19.5 Å². The SMILES string of the molecule is COc1ccc(NCc2cc(Cl)cc(OC)c2OC)cc1Cl. The van der Waals surface area contributed by atoms with Gasteiger partial charge in [0.25, 0.3) is 0 Å². The first kappa shape index (κ1) is 16.6. The molecule has 2 aromatic carbocycles. The highest BCUT2D eigenvalue weighted by Crippen LogP contribution is 2.35. The maximum Gasteiger partial charge on any atom is 0.165 e. The molecule has 0 aliphatic heterocycles. The van der Waals surface area contributed by atoms with Crippen LogP contribution in [0.5, 0.6) is 17.2 Å². The topological polar surface area (TPSA) is 39.7 Å². The van der Waals surface area contributed by atoms with Crippen molar-refractivity contribution in [2.45, 2.75) is 6.54 Å². The average Bonchev–Trinajstić information content (AvgIpc) is 2.52. The molecule has 0 spiro atoms. The Morgan fingerprint density at radius 1 is 0.909 bits per heavy atom. The molecule has 6 heteroatoms. The lowest BCUT2D eigenvalue weighted by molar-refractivity contribution is 0.352. The zero-order valence-corrected chi connectivity index (χ0v) is 14.1. The van der Waals surface area contributed by atoms with Crippen molar-refractivity contribution < 1.29 is 14.2 Å². The van der Waals surface area contributed by atoms with E-state index in [4.69, 9.17) is 37.4 Å². The lowest BCUT2D eigenvalue weighted by atomic mass is 10.1. The van der Waals surface area contributed by atoms with Gasteiger partial charge in [0, 0.05) is 28.9 Å². The minimum atomic E-state index is 0.517. The van der Waals surface area contributed by atoms with Gasteiger partial charge >= 0.3 is 0 Å². The van der Waals surface area contributed by atoms with Crippen LogP contribution in [0.4, 0.5) is 5.69 Å². The number of benzene rings is 2. The van der Waals surface area contributed by atoms with Crippen LogP contribution in [0, 0.1) is 0 Å². The molecule has 4 nitrogen and oxygen atoms in total. The number of ether oxygens (including phenoxy) is 3. The van der Waals surface area contributed by atoms with E-state index in [2.05, 4.69) is 5.32 Å². The van der Waals surface area contributed by atoms with Gasteiger partial charge < -0.3 is 19.5 Å². The Hall–Kier alpha value is -1.78. The maximum absolute atomic E-state index is 6.11. The molecule has 0 radical (unpaired) electrons. The van der Waals surface area contributed by atoms with Crippen LogP contribution in [0.2, 0.25) is 10.0 Å². The molecule has 0 saturated heterocycles. The van der Waals surface area contributed by atoms with Crippen molar-refractivity contribution in [3.8, 4) is 17.2 Å². The Bertz CT molecular complexity index is 662. The molecule has 0 aromatic heterocycles. The third-order valence-corrected chi connectivity index (χ3v) is 3.67. The van der Waals surface area contributed by atoms with Gasteiger partial charge in [-0.2, -0.15) is 0 Å². The lowest BCUT2D eigenvalue weighted by Gasteiger charge is -2.15. The van der Waals surface area contributed by atoms with Gasteiger partial charge in [-0.15, -0.1) is 0 Å². The van der Waals surface area contributed by atoms with Gasteiger partial charge in [0.15, 0.2) is 11.5 Å². The van der Waals surface area contributed by atoms with Crippen molar-refractivity contribution in [1.82, 2.24) is 0 Å². The van der Waals surface area contributed by atoms with Gasteiger partial charge in [-0.05, 0) is 24.3 Å². The molecule has 0 aliphatic carbocycles. The van der Waals surface area contributed by atoms with Crippen molar-refractivity contribution in [2.75, 3.05) is 26.6 Å². The van der Waals surface area contributed by atoms with E-state index in [9.17, 15) is 0 Å². The van der Waals surface area contributed by atoms with Crippen molar-refractivity contribution in [3.63, 3.8) is 0 Å². The fraction of sp³-hybridized carbons (Fsp3) is 0.250. The monoisotopic (exact) mass is 341 g/mol. The molecule has 0 saturated carbocycles. The summed E-state index contributed by atoms with van der Waals surface area (Å²) < 4.78 is 15.8. The Balaban J connectivity index is 2.21. The molecule has 0 fully saturated rings. The molecule has 1 N–H and O–H groups in total. The summed E-state index contributed by atoms with van der Waals surface area (Å²) in [7, 11) is 4.76. The first-order valence-electron chi connectivity index (χ1n) is 6.56. The van der Waals surface area contributed by atoms with Crippen molar-refractivity contribution in [3.05, 3.63) is 45.9 Å². The van der Waals surface area contributed by atoms with Gasteiger partial charge in [-0.1, -0.05) is 23.2 Å². The van der Waals surface area contributed by atoms with E-state index < -0.39 is 0 Å². The summed E-state index contributed by atoms with van der Waals surface area (Å²) in [6.45, 7) is 0.517. The summed E-state index contributed by atoms with van der Waals surface area (Å²) in [4.78, 5) is 0. The van der Waals surface area contributed by atoms with E-state index in [1.54, 1.807) is 39.5 Å². The number of rotatable bonds is 6. The predicted octanol–water partition coefficient (Wildman–Crippen LogP) is 4.63. The van der Waals surface area contributed by atoms with Crippen LogP contribution in [0.25, 0.3) is 0 Å². The second-order valence-electron chi connectivity index (χ2n) is 4.50. The van der Waals surface area contributed by atoms with Crippen LogP contribution in [-0.2, 0) is 6.54 Å². The fourth-order valence-corrected chi connectivity index (χ4v) is 2.60. The third-order valence-electron chi connectivity index (χ3n) is 3.16. The van der Waals surface area contributed by atoms with Crippen molar-refractivity contribution >= 4 is 28.9 Å². The number of methoxy groups -OCH3 is 3. The van der Waals surface area contributed by atoms with E-state index in [0.29, 0.717) is 33.8 Å². The minimum Gasteiger partial charge on any atom is -0.495 e. The Morgan fingerprint density at radius 2 is 1.64 bits per heavy atom. The van der Waals surface area contributed by atoms with Crippen LogP contribution in [-0.4, -0.2) is 21.3 Å².